The van der Waals surface area contributed by atoms with Crippen LogP contribution in [0, 0.1) is 17.1 Å². The van der Waals surface area contributed by atoms with Gasteiger partial charge in [0.05, 0.1) is 18.4 Å². The van der Waals surface area contributed by atoms with Gasteiger partial charge in [0.2, 0.25) is 0 Å². The predicted octanol–water partition coefficient (Wildman–Crippen LogP) is 1.27. The predicted molar refractivity (Wildman–Crippen MR) is 44.9 cm³/mol. The maximum Gasteiger partial charge on any atom is 0.356 e. The molecule has 1 rings (SSSR count). The van der Waals surface area contributed by atoms with E-state index in [1.165, 1.54) is 0 Å². The zero-order chi connectivity index (χ0) is 10.6. The Kier molecular flexibility index (Phi) is 3.13. The molecule has 0 saturated heterocycles. The molecule has 0 spiro atoms. The SMILES string of the molecule is CCOC(=O)c1cc(C#N)c(F)cn1. The van der Waals surface area contributed by atoms with Gasteiger partial charge in [-0.3, -0.25) is 0 Å². The summed E-state index contributed by atoms with van der Waals surface area (Å²) in [7, 11) is 0. The molecule has 14 heavy (non-hydrogen) atoms. The Morgan fingerprint density at radius 1 is 1.79 bits per heavy atom. The number of carbonyl (C=O) groups excluding carboxylic acids is 1. The van der Waals surface area contributed by atoms with Crippen LogP contribution >= 0.6 is 0 Å². The second-order valence-corrected chi connectivity index (χ2v) is 2.38. The fourth-order valence-corrected chi connectivity index (χ4v) is 0.841. The summed E-state index contributed by atoms with van der Waals surface area (Å²) in [5.74, 6) is -1.41. The monoisotopic (exact) mass is 194 g/mol. The number of rotatable bonds is 2. The van der Waals surface area contributed by atoms with Crippen molar-refractivity contribution >= 4 is 5.97 Å². The number of hydrogen-bond donors (Lipinski definition) is 0. The van der Waals surface area contributed by atoms with Gasteiger partial charge in [-0.2, -0.15) is 5.26 Å². The smallest absolute Gasteiger partial charge is 0.356 e. The number of halogens is 1. The number of nitrogens with zero attached hydrogens (tertiary/aromatic N) is 2. The Morgan fingerprint density at radius 2 is 2.50 bits per heavy atom. The van der Waals surface area contributed by atoms with E-state index in [1.54, 1.807) is 13.0 Å². The lowest BCUT2D eigenvalue weighted by atomic mass is 10.2. The van der Waals surface area contributed by atoms with Gasteiger partial charge in [0.25, 0.3) is 0 Å². The molecule has 1 aromatic rings. The quantitative estimate of drug-likeness (QED) is 0.665. The van der Waals surface area contributed by atoms with Gasteiger partial charge in [0, 0.05) is 0 Å². The Labute approximate surface area is 79.9 Å². The van der Waals surface area contributed by atoms with Crippen LogP contribution in [0.25, 0.3) is 0 Å². The van der Waals surface area contributed by atoms with Crippen molar-refractivity contribution in [1.82, 2.24) is 4.98 Å². The van der Waals surface area contributed by atoms with Crippen molar-refractivity contribution < 1.29 is 13.9 Å². The minimum absolute atomic E-state index is 0.0650. The third-order valence-electron chi connectivity index (χ3n) is 1.46. The highest BCUT2D eigenvalue weighted by molar-refractivity contribution is 5.87. The van der Waals surface area contributed by atoms with E-state index >= 15 is 0 Å². The Bertz CT molecular complexity index is 398. The highest BCUT2D eigenvalue weighted by Gasteiger charge is 2.11. The van der Waals surface area contributed by atoms with Crippen LogP contribution in [0.3, 0.4) is 0 Å². The molecule has 0 aromatic carbocycles. The van der Waals surface area contributed by atoms with Gasteiger partial charge in [-0.1, -0.05) is 0 Å². The van der Waals surface area contributed by atoms with Crippen molar-refractivity contribution in [2.24, 2.45) is 0 Å². The van der Waals surface area contributed by atoms with Crippen LogP contribution in [-0.2, 0) is 4.74 Å². The van der Waals surface area contributed by atoms with Crippen molar-refractivity contribution in [3.8, 4) is 6.07 Å². The first-order valence-electron chi connectivity index (χ1n) is 3.91. The van der Waals surface area contributed by atoms with Crippen LogP contribution in [0.1, 0.15) is 23.0 Å². The zero-order valence-electron chi connectivity index (χ0n) is 7.45. The number of hydrogen-bond acceptors (Lipinski definition) is 4. The summed E-state index contributed by atoms with van der Waals surface area (Å²) < 4.78 is 17.4. The second-order valence-electron chi connectivity index (χ2n) is 2.38. The summed E-state index contributed by atoms with van der Waals surface area (Å²) in [6.07, 6.45) is 0.824. The molecule has 72 valence electrons. The average Bonchev–Trinajstić information content (AvgIpc) is 2.19. The third-order valence-corrected chi connectivity index (χ3v) is 1.46. The van der Waals surface area contributed by atoms with Gasteiger partial charge >= 0.3 is 5.97 Å². The molecular formula is C9H7FN2O2. The lowest BCUT2D eigenvalue weighted by Crippen LogP contribution is -2.07. The standard InChI is InChI=1S/C9H7FN2O2/c1-2-14-9(13)8-3-6(4-11)7(10)5-12-8/h3,5H,2H2,1H3. The van der Waals surface area contributed by atoms with Crippen LogP contribution in [0.2, 0.25) is 0 Å². The first kappa shape index (κ1) is 10.1. The number of ether oxygens (including phenoxy) is 1. The minimum Gasteiger partial charge on any atom is -0.461 e. The molecule has 0 bridgehead atoms. The van der Waals surface area contributed by atoms with Gasteiger partial charge in [0.15, 0.2) is 5.82 Å². The Morgan fingerprint density at radius 3 is 3.07 bits per heavy atom. The van der Waals surface area contributed by atoms with E-state index in [4.69, 9.17) is 5.26 Å². The lowest BCUT2D eigenvalue weighted by Gasteiger charge is -2.00. The van der Waals surface area contributed by atoms with E-state index < -0.39 is 11.8 Å². The zero-order valence-corrected chi connectivity index (χ0v) is 7.45. The van der Waals surface area contributed by atoms with E-state index in [1.807, 2.05) is 0 Å². The first-order valence-corrected chi connectivity index (χ1v) is 3.91. The molecule has 1 aromatic heterocycles. The molecule has 1 heterocycles. The van der Waals surface area contributed by atoms with Crippen molar-refractivity contribution in [3.63, 3.8) is 0 Å². The Balaban J connectivity index is 3.02. The van der Waals surface area contributed by atoms with Crippen LogP contribution in [0.5, 0.6) is 0 Å². The highest BCUT2D eigenvalue weighted by atomic mass is 19.1. The maximum atomic E-state index is 12.8. The maximum absolute atomic E-state index is 12.8. The van der Waals surface area contributed by atoms with Crippen LogP contribution in [0.15, 0.2) is 12.3 Å². The number of carbonyl (C=O) groups is 1. The van der Waals surface area contributed by atoms with Crippen LogP contribution < -0.4 is 0 Å². The molecule has 0 atom stereocenters. The van der Waals surface area contributed by atoms with Crippen molar-refractivity contribution in [1.29, 1.82) is 5.26 Å². The summed E-state index contributed by atoms with van der Waals surface area (Å²) in [5, 5.41) is 8.48. The van der Waals surface area contributed by atoms with Gasteiger partial charge in [-0.15, -0.1) is 0 Å². The summed E-state index contributed by atoms with van der Waals surface area (Å²) in [4.78, 5) is 14.6. The molecule has 0 N–H and O–H groups in total. The third kappa shape index (κ3) is 2.04. The molecule has 0 saturated carbocycles. The van der Waals surface area contributed by atoms with Crippen LogP contribution in [0.4, 0.5) is 4.39 Å². The summed E-state index contributed by atoms with van der Waals surface area (Å²) in [5.41, 5.74) is -0.284. The van der Waals surface area contributed by atoms with E-state index in [9.17, 15) is 9.18 Å². The molecule has 0 unspecified atom stereocenters. The second kappa shape index (κ2) is 4.33. The first-order chi connectivity index (χ1) is 6.69. The molecule has 4 nitrogen and oxygen atoms in total. The average molecular weight is 194 g/mol. The number of aromatic nitrogens is 1. The van der Waals surface area contributed by atoms with E-state index in [2.05, 4.69) is 9.72 Å². The molecule has 5 heteroatoms. The van der Waals surface area contributed by atoms with Crippen molar-refractivity contribution in [3.05, 3.63) is 29.3 Å². The van der Waals surface area contributed by atoms with Gasteiger partial charge in [0.1, 0.15) is 11.8 Å². The topological polar surface area (TPSA) is 63.0 Å². The molecular weight excluding hydrogens is 187 g/mol. The van der Waals surface area contributed by atoms with Gasteiger partial charge < -0.3 is 4.74 Å². The summed E-state index contributed by atoms with van der Waals surface area (Å²) in [6, 6.07) is 2.67. The minimum atomic E-state index is -0.749. The van der Waals surface area contributed by atoms with Gasteiger partial charge in [-0.05, 0) is 13.0 Å². The Hall–Kier alpha value is -1.96. The fourth-order valence-electron chi connectivity index (χ4n) is 0.841. The summed E-state index contributed by atoms with van der Waals surface area (Å²) in [6.45, 7) is 1.85. The molecule has 0 aliphatic rings. The fraction of sp³-hybridized carbons (Fsp3) is 0.222. The number of pyridine rings is 1. The largest absolute Gasteiger partial charge is 0.461 e. The molecule has 0 aliphatic carbocycles. The van der Waals surface area contributed by atoms with E-state index in [-0.39, 0.29) is 17.9 Å². The molecule has 0 fully saturated rings. The molecule has 0 amide bonds. The highest BCUT2D eigenvalue weighted by Crippen LogP contribution is 2.07. The normalized spacial score (nSPS) is 9.21. The van der Waals surface area contributed by atoms with Crippen molar-refractivity contribution in [2.45, 2.75) is 6.92 Å². The van der Waals surface area contributed by atoms with E-state index in [0.717, 1.165) is 12.3 Å². The number of esters is 1. The molecule has 0 radical (unpaired) electrons. The summed E-state index contributed by atoms with van der Waals surface area (Å²) >= 11 is 0. The number of nitriles is 1. The lowest BCUT2D eigenvalue weighted by molar-refractivity contribution is 0.0519. The van der Waals surface area contributed by atoms with E-state index in [0.29, 0.717) is 0 Å². The van der Waals surface area contributed by atoms with Crippen molar-refractivity contribution in [2.75, 3.05) is 6.61 Å². The van der Waals surface area contributed by atoms with Crippen LogP contribution in [-0.4, -0.2) is 17.6 Å². The molecule has 0 aliphatic heterocycles. The van der Waals surface area contributed by atoms with Gasteiger partial charge in [-0.25, -0.2) is 14.2 Å².